The van der Waals surface area contributed by atoms with Crippen LogP contribution < -0.4 is 5.32 Å². The number of carbonyl (C=O) groups excluding carboxylic acids is 2. The Bertz CT molecular complexity index is 967. The summed E-state index contributed by atoms with van der Waals surface area (Å²) in [6, 6.07) is 10.7. The lowest BCUT2D eigenvalue weighted by molar-refractivity contribution is -0.137. The van der Waals surface area contributed by atoms with Crippen molar-refractivity contribution in [1.29, 1.82) is 0 Å². The van der Waals surface area contributed by atoms with Gasteiger partial charge in [-0.05, 0) is 54.3 Å². The van der Waals surface area contributed by atoms with E-state index in [1.807, 2.05) is 0 Å². The van der Waals surface area contributed by atoms with Crippen LogP contribution in [0, 0.1) is 0 Å². The van der Waals surface area contributed by atoms with Crippen molar-refractivity contribution in [2.24, 2.45) is 0 Å². The highest BCUT2D eigenvalue weighted by molar-refractivity contribution is 6.31. The van der Waals surface area contributed by atoms with Crippen molar-refractivity contribution in [2.75, 3.05) is 7.05 Å². The first-order valence-corrected chi connectivity index (χ1v) is 9.71. The average molecular weight is 437 g/mol. The number of benzene rings is 2. The summed E-state index contributed by atoms with van der Waals surface area (Å²) in [5, 5.41) is 2.51. The Balaban J connectivity index is 1.60. The van der Waals surface area contributed by atoms with Crippen LogP contribution in [0.5, 0.6) is 0 Å². The zero-order valence-corrected chi connectivity index (χ0v) is 16.9. The molecule has 1 saturated carbocycles. The first kappa shape index (κ1) is 21.9. The lowest BCUT2D eigenvalue weighted by Gasteiger charge is -2.15. The largest absolute Gasteiger partial charge is 0.417 e. The number of rotatable bonds is 6. The maximum atomic E-state index is 12.9. The van der Waals surface area contributed by atoms with Crippen LogP contribution in [0.1, 0.15) is 39.9 Å². The van der Waals surface area contributed by atoms with Gasteiger partial charge in [-0.1, -0.05) is 29.8 Å². The van der Waals surface area contributed by atoms with E-state index in [1.165, 1.54) is 23.1 Å². The first-order chi connectivity index (χ1) is 14.1. The van der Waals surface area contributed by atoms with E-state index >= 15 is 0 Å². The Labute approximate surface area is 177 Å². The Morgan fingerprint density at radius 3 is 2.43 bits per heavy atom. The van der Waals surface area contributed by atoms with Gasteiger partial charge in [-0.25, -0.2) is 0 Å². The van der Waals surface area contributed by atoms with Crippen molar-refractivity contribution in [3.63, 3.8) is 0 Å². The molecule has 2 aromatic rings. The Morgan fingerprint density at radius 1 is 1.17 bits per heavy atom. The van der Waals surface area contributed by atoms with Crippen molar-refractivity contribution in [3.05, 3.63) is 75.8 Å². The molecule has 0 unspecified atom stereocenters. The van der Waals surface area contributed by atoms with E-state index in [0.29, 0.717) is 12.1 Å². The smallest absolute Gasteiger partial charge is 0.349 e. The molecular weight excluding hydrogens is 417 g/mol. The van der Waals surface area contributed by atoms with Gasteiger partial charge in [0.05, 0.1) is 10.6 Å². The van der Waals surface area contributed by atoms with Gasteiger partial charge in [-0.2, -0.15) is 13.2 Å². The van der Waals surface area contributed by atoms with E-state index in [2.05, 4.69) is 5.32 Å². The summed E-state index contributed by atoms with van der Waals surface area (Å²) in [4.78, 5) is 25.7. The quantitative estimate of drug-likeness (QED) is 0.653. The fraction of sp³-hybridized carbons (Fsp3) is 0.273. The standard InChI is InChI=1S/C22H20ClF3N2O2/c1-28(13-15-2-6-16(7-3-15)21(30)27-17-8-9-17)20(29)11-5-14-4-10-19(23)18(12-14)22(24,25)26/h2-7,10-12,17H,8-9,13H2,1H3,(H,27,30)/b11-5+. The van der Waals surface area contributed by atoms with Crippen molar-refractivity contribution in [1.82, 2.24) is 10.2 Å². The maximum absolute atomic E-state index is 12.9. The van der Waals surface area contributed by atoms with Gasteiger partial charge in [0.2, 0.25) is 5.91 Å². The molecule has 0 radical (unpaired) electrons. The second-order valence-electron chi connectivity index (χ2n) is 7.21. The highest BCUT2D eigenvalue weighted by atomic mass is 35.5. The molecule has 0 spiro atoms. The van der Waals surface area contributed by atoms with Gasteiger partial charge in [-0.3, -0.25) is 9.59 Å². The van der Waals surface area contributed by atoms with Crippen LogP contribution in [0.3, 0.4) is 0 Å². The first-order valence-electron chi connectivity index (χ1n) is 9.33. The Kier molecular flexibility index (Phi) is 6.51. The minimum atomic E-state index is -4.57. The second kappa shape index (κ2) is 8.92. The van der Waals surface area contributed by atoms with Gasteiger partial charge >= 0.3 is 6.18 Å². The second-order valence-corrected chi connectivity index (χ2v) is 7.62. The predicted octanol–water partition coefficient (Wildman–Crippen LogP) is 4.92. The van der Waals surface area contributed by atoms with E-state index in [0.717, 1.165) is 30.5 Å². The van der Waals surface area contributed by atoms with E-state index < -0.39 is 16.8 Å². The summed E-state index contributed by atoms with van der Waals surface area (Å²) in [6.07, 6.45) is -0.0183. The SMILES string of the molecule is CN(Cc1ccc(C(=O)NC2CC2)cc1)C(=O)/C=C/c1ccc(Cl)c(C(F)(F)F)c1. The molecule has 8 heteroatoms. The number of alkyl halides is 3. The number of hydrogen-bond donors (Lipinski definition) is 1. The van der Waals surface area contributed by atoms with Crippen molar-refractivity contribution < 1.29 is 22.8 Å². The van der Waals surface area contributed by atoms with Gasteiger partial charge in [-0.15, -0.1) is 0 Å². The van der Waals surface area contributed by atoms with Crippen molar-refractivity contribution in [3.8, 4) is 0 Å². The summed E-state index contributed by atoms with van der Waals surface area (Å²) in [6.45, 7) is 0.294. The highest BCUT2D eigenvalue weighted by Gasteiger charge is 2.33. The van der Waals surface area contributed by atoms with Gasteiger partial charge in [0, 0.05) is 31.3 Å². The molecule has 0 heterocycles. The number of carbonyl (C=O) groups is 2. The summed E-state index contributed by atoms with van der Waals surface area (Å²) >= 11 is 5.60. The van der Waals surface area contributed by atoms with Gasteiger partial charge in [0.15, 0.2) is 0 Å². The minimum absolute atomic E-state index is 0.113. The molecular formula is C22H20ClF3N2O2. The summed E-state index contributed by atoms with van der Waals surface area (Å²) in [7, 11) is 1.59. The molecule has 2 amide bonds. The zero-order chi connectivity index (χ0) is 21.9. The van der Waals surface area contributed by atoms with Gasteiger partial charge < -0.3 is 10.2 Å². The minimum Gasteiger partial charge on any atom is -0.349 e. The molecule has 158 valence electrons. The van der Waals surface area contributed by atoms with Crippen LogP contribution in [0.15, 0.2) is 48.5 Å². The predicted molar refractivity (Wildman–Crippen MR) is 109 cm³/mol. The van der Waals surface area contributed by atoms with Crippen molar-refractivity contribution >= 4 is 29.5 Å². The Hall–Kier alpha value is -2.80. The lowest BCUT2D eigenvalue weighted by atomic mass is 10.1. The molecule has 0 aliphatic heterocycles. The number of nitrogens with one attached hydrogen (secondary N) is 1. The third kappa shape index (κ3) is 5.86. The molecule has 2 aromatic carbocycles. The summed E-state index contributed by atoms with van der Waals surface area (Å²) in [5.74, 6) is -0.480. The molecule has 0 aromatic heterocycles. The van der Waals surface area contributed by atoms with E-state index in [-0.39, 0.29) is 23.4 Å². The van der Waals surface area contributed by atoms with E-state index in [1.54, 1.807) is 31.3 Å². The normalized spacial score (nSPS) is 14.0. The fourth-order valence-electron chi connectivity index (χ4n) is 2.77. The number of likely N-dealkylation sites (N-methyl/N-ethyl adjacent to an activating group) is 1. The van der Waals surface area contributed by atoms with Crippen LogP contribution in [-0.4, -0.2) is 29.8 Å². The van der Waals surface area contributed by atoms with Crippen molar-refractivity contribution in [2.45, 2.75) is 31.6 Å². The van der Waals surface area contributed by atoms with Crippen LogP contribution in [0.25, 0.3) is 6.08 Å². The number of halogens is 4. The molecule has 1 aliphatic rings. The lowest BCUT2D eigenvalue weighted by Crippen LogP contribution is -2.26. The average Bonchev–Trinajstić information content (AvgIpc) is 3.50. The summed E-state index contributed by atoms with van der Waals surface area (Å²) in [5.41, 5.74) is 0.660. The maximum Gasteiger partial charge on any atom is 0.417 e. The molecule has 1 fully saturated rings. The molecule has 1 N–H and O–H groups in total. The van der Waals surface area contributed by atoms with E-state index in [4.69, 9.17) is 11.6 Å². The monoisotopic (exact) mass is 436 g/mol. The molecule has 3 rings (SSSR count). The number of amides is 2. The molecule has 1 aliphatic carbocycles. The van der Waals surface area contributed by atoms with Gasteiger partial charge in [0.1, 0.15) is 0 Å². The molecule has 30 heavy (non-hydrogen) atoms. The molecule has 0 bridgehead atoms. The summed E-state index contributed by atoms with van der Waals surface area (Å²) < 4.78 is 38.8. The molecule has 4 nitrogen and oxygen atoms in total. The zero-order valence-electron chi connectivity index (χ0n) is 16.2. The fourth-order valence-corrected chi connectivity index (χ4v) is 2.99. The van der Waals surface area contributed by atoms with Crippen LogP contribution in [-0.2, 0) is 17.5 Å². The number of hydrogen-bond acceptors (Lipinski definition) is 2. The molecule has 0 atom stereocenters. The third-order valence-electron chi connectivity index (χ3n) is 4.64. The molecule has 0 saturated heterocycles. The van der Waals surface area contributed by atoms with Crippen LogP contribution in [0.2, 0.25) is 5.02 Å². The topological polar surface area (TPSA) is 49.4 Å². The number of nitrogens with zero attached hydrogens (tertiary/aromatic N) is 1. The van der Waals surface area contributed by atoms with Crippen LogP contribution >= 0.6 is 11.6 Å². The van der Waals surface area contributed by atoms with Crippen LogP contribution in [0.4, 0.5) is 13.2 Å². The third-order valence-corrected chi connectivity index (χ3v) is 4.97. The van der Waals surface area contributed by atoms with E-state index in [9.17, 15) is 22.8 Å². The highest BCUT2D eigenvalue weighted by Crippen LogP contribution is 2.35. The van der Waals surface area contributed by atoms with Gasteiger partial charge in [0.25, 0.3) is 5.91 Å². The Morgan fingerprint density at radius 2 is 1.83 bits per heavy atom.